The smallest absolute Gasteiger partial charge is 0.317 e. The fraction of sp³-hybridized carbons (Fsp3) is 0.429. The van der Waals surface area contributed by atoms with Gasteiger partial charge in [-0.25, -0.2) is 4.79 Å². The zero-order valence-corrected chi connectivity index (χ0v) is 16.4. The summed E-state index contributed by atoms with van der Waals surface area (Å²) in [6, 6.07) is 9.32. The quantitative estimate of drug-likeness (QED) is 0.776. The zero-order valence-electron chi connectivity index (χ0n) is 16.4. The molecule has 3 amide bonds. The monoisotopic (exact) mass is 385 g/mol. The van der Waals surface area contributed by atoms with Crippen LogP contribution in [0.1, 0.15) is 28.1 Å². The summed E-state index contributed by atoms with van der Waals surface area (Å²) in [4.78, 5) is 28.0. The predicted molar refractivity (Wildman–Crippen MR) is 106 cm³/mol. The number of amides is 3. The minimum absolute atomic E-state index is 0.0998. The van der Waals surface area contributed by atoms with Crippen molar-refractivity contribution in [2.45, 2.75) is 20.3 Å². The van der Waals surface area contributed by atoms with Crippen LogP contribution in [-0.4, -0.2) is 61.1 Å². The number of nitrogens with zero attached hydrogens (tertiary/aromatic N) is 2. The molecule has 0 radical (unpaired) electrons. The summed E-state index contributed by atoms with van der Waals surface area (Å²) in [5, 5.41) is 2.92. The second-order valence-corrected chi connectivity index (χ2v) is 6.91. The first kappa shape index (κ1) is 19.8. The average molecular weight is 385 g/mol. The molecule has 1 saturated heterocycles. The first-order chi connectivity index (χ1) is 13.6. The number of urea groups is 1. The number of carbonyl (C=O) groups is 2. The van der Waals surface area contributed by atoms with Gasteiger partial charge in [0.05, 0.1) is 12.9 Å². The highest BCUT2D eigenvalue weighted by molar-refractivity contribution is 5.91. The van der Waals surface area contributed by atoms with Crippen molar-refractivity contribution in [1.82, 2.24) is 15.1 Å². The number of para-hydroxylation sites is 1. The SMILES string of the molecule is Cc1cccc(C)c1OCCCNC(=O)N1CCN(C(=O)c2ccco2)CC1. The maximum atomic E-state index is 12.3. The van der Waals surface area contributed by atoms with Crippen molar-refractivity contribution < 1.29 is 18.7 Å². The van der Waals surface area contributed by atoms with Crippen LogP contribution in [0.2, 0.25) is 0 Å². The number of hydrogen-bond donors (Lipinski definition) is 1. The molecule has 0 unspecified atom stereocenters. The molecule has 1 fully saturated rings. The normalized spacial score (nSPS) is 14.1. The predicted octanol–water partition coefficient (Wildman–Crippen LogP) is 2.83. The minimum atomic E-state index is -0.131. The van der Waals surface area contributed by atoms with Crippen LogP contribution >= 0.6 is 0 Å². The molecule has 1 aliphatic rings. The highest BCUT2D eigenvalue weighted by atomic mass is 16.5. The molecule has 1 aromatic carbocycles. The van der Waals surface area contributed by atoms with Gasteiger partial charge in [0.1, 0.15) is 5.75 Å². The molecule has 0 saturated carbocycles. The molecule has 1 aromatic heterocycles. The van der Waals surface area contributed by atoms with Crippen LogP contribution in [0, 0.1) is 13.8 Å². The molecule has 3 rings (SSSR count). The summed E-state index contributed by atoms with van der Waals surface area (Å²) in [6.45, 7) is 7.19. The number of furan rings is 1. The van der Waals surface area contributed by atoms with E-state index in [9.17, 15) is 9.59 Å². The Labute approximate surface area is 165 Å². The van der Waals surface area contributed by atoms with Crippen LogP contribution in [0.4, 0.5) is 4.79 Å². The lowest BCUT2D eigenvalue weighted by atomic mass is 10.1. The molecule has 1 aliphatic heterocycles. The Morgan fingerprint density at radius 1 is 1.04 bits per heavy atom. The Bertz CT molecular complexity index is 776. The van der Waals surface area contributed by atoms with Crippen molar-refractivity contribution in [3.05, 3.63) is 53.5 Å². The van der Waals surface area contributed by atoms with Crippen LogP contribution in [0.3, 0.4) is 0 Å². The highest BCUT2D eigenvalue weighted by Crippen LogP contribution is 2.22. The molecule has 0 spiro atoms. The van der Waals surface area contributed by atoms with Crippen LogP contribution in [0.25, 0.3) is 0 Å². The number of hydrogen-bond acceptors (Lipinski definition) is 4. The number of aryl methyl sites for hydroxylation is 2. The van der Waals surface area contributed by atoms with E-state index in [1.807, 2.05) is 32.0 Å². The maximum absolute atomic E-state index is 12.3. The van der Waals surface area contributed by atoms with Crippen LogP contribution in [0.15, 0.2) is 41.0 Å². The molecule has 7 nitrogen and oxygen atoms in total. The molecule has 0 atom stereocenters. The third-order valence-corrected chi connectivity index (χ3v) is 4.84. The first-order valence-corrected chi connectivity index (χ1v) is 9.61. The van der Waals surface area contributed by atoms with E-state index in [1.54, 1.807) is 21.9 Å². The van der Waals surface area contributed by atoms with Gasteiger partial charge in [-0.2, -0.15) is 0 Å². The molecule has 2 aromatic rings. The second kappa shape index (κ2) is 9.30. The number of piperazine rings is 1. The molecule has 0 aliphatic carbocycles. The Kier molecular flexibility index (Phi) is 6.57. The van der Waals surface area contributed by atoms with Gasteiger partial charge in [0, 0.05) is 32.7 Å². The summed E-state index contributed by atoms with van der Waals surface area (Å²) in [5.41, 5.74) is 2.23. The fourth-order valence-corrected chi connectivity index (χ4v) is 3.25. The van der Waals surface area contributed by atoms with Gasteiger partial charge in [-0.15, -0.1) is 0 Å². The van der Waals surface area contributed by atoms with Crippen molar-refractivity contribution in [2.75, 3.05) is 39.3 Å². The summed E-state index contributed by atoms with van der Waals surface area (Å²) in [6.07, 6.45) is 2.22. The number of carbonyl (C=O) groups excluding carboxylic acids is 2. The van der Waals surface area contributed by atoms with Crippen LogP contribution < -0.4 is 10.1 Å². The van der Waals surface area contributed by atoms with Crippen molar-refractivity contribution in [3.8, 4) is 5.75 Å². The third-order valence-electron chi connectivity index (χ3n) is 4.84. The molecular formula is C21H27N3O4. The van der Waals surface area contributed by atoms with Gasteiger partial charge in [-0.05, 0) is 43.5 Å². The van der Waals surface area contributed by atoms with Crippen molar-refractivity contribution in [2.24, 2.45) is 0 Å². The molecule has 7 heteroatoms. The number of ether oxygens (including phenoxy) is 1. The lowest BCUT2D eigenvalue weighted by Gasteiger charge is -2.34. The minimum Gasteiger partial charge on any atom is -0.493 e. The van der Waals surface area contributed by atoms with Crippen molar-refractivity contribution >= 4 is 11.9 Å². The lowest BCUT2D eigenvalue weighted by molar-refractivity contribution is 0.0634. The first-order valence-electron chi connectivity index (χ1n) is 9.61. The number of rotatable bonds is 6. The largest absolute Gasteiger partial charge is 0.493 e. The van der Waals surface area contributed by atoms with E-state index >= 15 is 0 Å². The van der Waals surface area contributed by atoms with Gasteiger partial charge in [-0.3, -0.25) is 4.79 Å². The summed E-state index contributed by atoms with van der Waals surface area (Å²) in [5.74, 6) is 1.13. The van der Waals surface area contributed by atoms with Gasteiger partial charge in [-0.1, -0.05) is 18.2 Å². The van der Waals surface area contributed by atoms with Gasteiger partial charge in [0.25, 0.3) is 5.91 Å². The Balaban J connectivity index is 1.34. The zero-order chi connectivity index (χ0) is 19.9. The van der Waals surface area contributed by atoms with Crippen LogP contribution in [0.5, 0.6) is 5.75 Å². The number of nitrogens with one attached hydrogen (secondary N) is 1. The van der Waals surface area contributed by atoms with E-state index in [0.29, 0.717) is 45.1 Å². The average Bonchev–Trinajstić information content (AvgIpc) is 3.24. The lowest BCUT2D eigenvalue weighted by Crippen LogP contribution is -2.53. The Morgan fingerprint density at radius 3 is 2.36 bits per heavy atom. The fourth-order valence-electron chi connectivity index (χ4n) is 3.25. The van der Waals surface area contributed by atoms with Crippen molar-refractivity contribution in [3.63, 3.8) is 0 Å². The van der Waals surface area contributed by atoms with Gasteiger partial charge < -0.3 is 24.3 Å². The van der Waals surface area contributed by atoms with E-state index in [2.05, 4.69) is 5.32 Å². The van der Waals surface area contributed by atoms with Crippen molar-refractivity contribution in [1.29, 1.82) is 0 Å². The Hall–Kier alpha value is -2.96. The topological polar surface area (TPSA) is 75.0 Å². The third kappa shape index (κ3) is 4.85. The van der Waals surface area contributed by atoms with E-state index < -0.39 is 0 Å². The molecule has 150 valence electrons. The molecule has 0 bridgehead atoms. The van der Waals surface area contributed by atoms with Gasteiger partial charge in [0.2, 0.25) is 0 Å². The molecule has 1 N–H and O–H groups in total. The van der Waals surface area contributed by atoms with E-state index in [4.69, 9.17) is 9.15 Å². The van der Waals surface area contributed by atoms with E-state index in [-0.39, 0.29) is 11.9 Å². The van der Waals surface area contributed by atoms with E-state index in [0.717, 1.165) is 23.3 Å². The summed E-state index contributed by atoms with van der Waals surface area (Å²) < 4.78 is 11.0. The summed E-state index contributed by atoms with van der Waals surface area (Å²) >= 11 is 0. The second-order valence-electron chi connectivity index (χ2n) is 6.91. The van der Waals surface area contributed by atoms with Crippen LogP contribution in [-0.2, 0) is 0 Å². The van der Waals surface area contributed by atoms with Gasteiger partial charge in [0.15, 0.2) is 5.76 Å². The van der Waals surface area contributed by atoms with Gasteiger partial charge >= 0.3 is 6.03 Å². The molecule has 28 heavy (non-hydrogen) atoms. The molecular weight excluding hydrogens is 358 g/mol. The number of benzene rings is 1. The maximum Gasteiger partial charge on any atom is 0.317 e. The summed E-state index contributed by atoms with van der Waals surface area (Å²) in [7, 11) is 0. The van der Waals surface area contributed by atoms with E-state index in [1.165, 1.54) is 6.26 Å². The Morgan fingerprint density at radius 2 is 1.71 bits per heavy atom. The molecule has 2 heterocycles. The highest BCUT2D eigenvalue weighted by Gasteiger charge is 2.25. The standard InChI is InChI=1S/C21H27N3O4/c1-16-6-3-7-17(2)19(16)28-15-5-9-22-21(26)24-12-10-23(11-13-24)20(25)18-8-4-14-27-18/h3-4,6-8,14H,5,9-13,15H2,1-2H3,(H,22,26).